The molecule has 12 heavy (non-hydrogen) atoms. The van der Waals surface area contributed by atoms with E-state index >= 15 is 0 Å². The Hall–Kier alpha value is -1.32. The largest absolute Gasteiger partial charge is 0.467 e. The molecule has 0 spiro atoms. The smallest absolute Gasteiger partial charge is 0.328 e. The van der Waals surface area contributed by atoms with Gasteiger partial charge in [-0.15, -0.1) is 0 Å². The highest BCUT2D eigenvalue weighted by Crippen LogP contribution is 1.93. The highest BCUT2D eigenvalue weighted by Gasteiger charge is 2.17. The maximum absolute atomic E-state index is 10.9. The summed E-state index contributed by atoms with van der Waals surface area (Å²) < 4.78 is 4.46. The first kappa shape index (κ1) is 10.7. The van der Waals surface area contributed by atoms with Gasteiger partial charge in [0.1, 0.15) is 6.04 Å². The number of rotatable bonds is 4. The van der Waals surface area contributed by atoms with Gasteiger partial charge in [-0.2, -0.15) is 0 Å². The van der Waals surface area contributed by atoms with Crippen LogP contribution < -0.4 is 5.32 Å². The number of nitrogens with one attached hydrogen (secondary N) is 1. The number of hydrogen-bond donors (Lipinski definition) is 1. The summed E-state index contributed by atoms with van der Waals surface area (Å²) in [5, 5.41) is 2.44. The van der Waals surface area contributed by atoms with Crippen molar-refractivity contribution < 1.29 is 14.3 Å². The molecule has 0 fully saturated rings. The molecule has 1 atom stereocenters. The summed E-state index contributed by atoms with van der Waals surface area (Å²) >= 11 is 0. The van der Waals surface area contributed by atoms with Gasteiger partial charge in [-0.05, 0) is 12.5 Å². The van der Waals surface area contributed by atoms with Crippen molar-refractivity contribution in [2.75, 3.05) is 7.11 Å². The summed E-state index contributed by atoms with van der Waals surface area (Å²) in [4.78, 5) is 21.7. The lowest BCUT2D eigenvalue weighted by Gasteiger charge is -2.12. The van der Waals surface area contributed by atoms with Crippen LogP contribution >= 0.6 is 0 Å². The molecule has 1 unspecified atom stereocenters. The summed E-state index contributed by atoms with van der Waals surface area (Å²) in [7, 11) is 1.28. The third kappa shape index (κ3) is 3.18. The molecule has 68 valence electrons. The first-order valence-corrected chi connectivity index (χ1v) is 3.66. The molecule has 0 radical (unpaired) electrons. The number of carbonyl (C=O) groups is 2. The third-order valence-electron chi connectivity index (χ3n) is 1.40. The molecule has 0 rings (SSSR count). The normalized spacial score (nSPS) is 11.5. The Balaban J connectivity index is 4.07. The van der Waals surface area contributed by atoms with E-state index in [1.807, 2.05) is 0 Å². The number of hydrogen-bond acceptors (Lipinski definition) is 3. The topological polar surface area (TPSA) is 55.4 Å². The molecule has 0 aromatic heterocycles. The van der Waals surface area contributed by atoms with Crippen LogP contribution in [0.2, 0.25) is 0 Å². The molecule has 0 aliphatic heterocycles. The van der Waals surface area contributed by atoms with Gasteiger partial charge in [0.15, 0.2) is 0 Å². The van der Waals surface area contributed by atoms with Crippen LogP contribution in [-0.2, 0) is 14.3 Å². The van der Waals surface area contributed by atoms with Gasteiger partial charge in [0, 0.05) is 0 Å². The third-order valence-corrected chi connectivity index (χ3v) is 1.40. The van der Waals surface area contributed by atoms with Gasteiger partial charge in [-0.3, -0.25) is 4.79 Å². The molecule has 0 heterocycles. The summed E-state index contributed by atoms with van der Waals surface area (Å²) in [5.74, 6) is -0.806. The van der Waals surface area contributed by atoms with Gasteiger partial charge in [-0.25, -0.2) is 4.79 Å². The predicted octanol–water partition coefficient (Wildman–Crippen LogP) is 0.240. The molecule has 0 aromatic carbocycles. The van der Waals surface area contributed by atoms with E-state index in [1.165, 1.54) is 7.11 Å². The van der Waals surface area contributed by atoms with Crippen molar-refractivity contribution in [2.24, 2.45) is 0 Å². The number of carbonyl (C=O) groups excluding carboxylic acids is 2. The fraction of sp³-hybridized carbons (Fsp3) is 0.500. The Labute approximate surface area is 71.6 Å². The zero-order valence-corrected chi connectivity index (χ0v) is 7.29. The molecule has 0 saturated heterocycles. The van der Waals surface area contributed by atoms with E-state index < -0.39 is 12.0 Å². The van der Waals surface area contributed by atoms with E-state index in [1.54, 1.807) is 6.92 Å². The van der Waals surface area contributed by atoms with Gasteiger partial charge in [-0.1, -0.05) is 13.5 Å². The fourth-order valence-corrected chi connectivity index (χ4v) is 0.701. The van der Waals surface area contributed by atoms with Crippen LogP contribution in [0.4, 0.5) is 0 Å². The monoisotopic (exact) mass is 171 g/mol. The van der Waals surface area contributed by atoms with Crippen molar-refractivity contribution >= 4 is 11.9 Å². The standard InChI is InChI=1S/C8H13NO3/c1-4-6(8(11)12-3)9-7(10)5-2/h5-6H,2,4H2,1,3H3,(H,9,10). The van der Waals surface area contributed by atoms with Crippen molar-refractivity contribution in [1.82, 2.24) is 5.32 Å². The molecular formula is C8H13NO3. The zero-order chi connectivity index (χ0) is 9.56. The van der Waals surface area contributed by atoms with E-state index in [2.05, 4.69) is 16.6 Å². The first-order valence-electron chi connectivity index (χ1n) is 3.66. The molecular weight excluding hydrogens is 158 g/mol. The lowest BCUT2D eigenvalue weighted by atomic mass is 10.2. The molecule has 0 aliphatic carbocycles. The zero-order valence-electron chi connectivity index (χ0n) is 7.29. The Morgan fingerprint density at radius 2 is 2.25 bits per heavy atom. The summed E-state index contributed by atoms with van der Waals surface area (Å²) in [6.45, 7) is 5.05. The van der Waals surface area contributed by atoms with E-state index in [0.29, 0.717) is 6.42 Å². The molecule has 0 saturated carbocycles. The molecule has 0 aliphatic rings. The van der Waals surface area contributed by atoms with Gasteiger partial charge >= 0.3 is 5.97 Å². The fourth-order valence-electron chi connectivity index (χ4n) is 0.701. The molecule has 4 nitrogen and oxygen atoms in total. The van der Waals surface area contributed by atoms with Crippen molar-refractivity contribution in [3.63, 3.8) is 0 Å². The van der Waals surface area contributed by atoms with Crippen molar-refractivity contribution in [2.45, 2.75) is 19.4 Å². The van der Waals surface area contributed by atoms with Crippen LogP contribution in [-0.4, -0.2) is 25.0 Å². The van der Waals surface area contributed by atoms with Crippen molar-refractivity contribution in [1.29, 1.82) is 0 Å². The van der Waals surface area contributed by atoms with Gasteiger partial charge in [0.25, 0.3) is 0 Å². The van der Waals surface area contributed by atoms with Crippen LogP contribution in [0.5, 0.6) is 0 Å². The van der Waals surface area contributed by atoms with Crippen LogP contribution in [0.1, 0.15) is 13.3 Å². The Morgan fingerprint density at radius 3 is 2.58 bits per heavy atom. The number of amides is 1. The van der Waals surface area contributed by atoms with Gasteiger partial charge in [0.05, 0.1) is 7.11 Å². The summed E-state index contributed by atoms with van der Waals surface area (Å²) in [6.07, 6.45) is 1.62. The maximum Gasteiger partial charge on any atom is 0.328 e. The minimum atomic E-state index is -0.569. The Morgan fingerprint density at radius 1 is 1.67 bits per heavy atom. The van der Waals surface area contributed by atoms with E-state index in [4.69, 9.17) is 0 Å². The second-order valence-electron chi connectivity index (χ2n) is 2.20. The van der Waals surface area contributed by atoms with E-state index in [0.717, 1.165) is 6.08 Å². The number of esters is 1. The second kappa shape index (κ2) is 5.35. The maximum atomic E-state index is 10.9. The number of methoxy groups -OCH3 is 1. The lowest BCUT2D eigenvalue weighted by Crippen LogP contribution is -2.40. The average molecular weight is 171 g/mol. The average Bonchev–Trinajstić information content (AvgIpc) is 2.12. The Kier molecular flexibility index (Phi) is 4.76. The van der Waals surface area contributed by atoms with Gasteiger partial charge < -0.3 is 10.1 Å². The molecule has 0 aromatic rings. The predicted molar refractivity (Wildman–Crippen MR) is 44.4 cm³/mol. The van der Waals surface area contributed by atoms with Crippen LogP contribution in [0.3, 0.4) is 0 Å². The quantitative estimate of drug-likeness (QED) is 0.487. The van der Waals surface area contributed by atoms with Crippen LogP contribution in [0.25, 0.3) is 0 Å². The van der Waals surface area contributed by atoms with Crippen LogP contribution in [0.15, 0.2) is 12.7 Å². The van der Waals surface area contributed by atoms with Crippen molar-refractivity contribution in [3.8, 4) is 0 Å². The minimum Gasteiger partial charge on any atom is -0.467 e. The molecule has 0 bridgehead atoms. The van der Waals surface area contributed by atoms with Crippen molar-refractivity contribution in [3.05, 3.63) is 12.7 Å². The molecule has 1 amide bonds. The van der Waals surface area contributed by atoms with Crippen LogP contribution in [0, 0.1) is 0 Å². The lowest BCUT2D eigenvalue weighted by molar-refractivity contribution is -0.144. The summed E-state index contributed by atoms with van der Waals surface area (Å²) in [6, 6.07) is -0.569. The Bertz CT molecular complexity index is 189. The minimum absolute atomic E-state index is 0.368. The highest BCUT2D eigenvalue weighted by atomic mass is 16.5. The molecule has 4 heteroatoms. The number of ether oxygens (including phenoxy) is 1. The van der Waals surface area contributed by atoms with E-state index in [-0.39, 0.29) is 5.91 Å². The van der Waals surface area contributed by atoms with Gasteiger partial charge in [0.2, 0.25) is 5.91 Å². The second-order valence-corrected chi connectivity index (χ2v) is 2.20. The first-order chi connectivity index (χ1) is 5.65. The molecule has 1 N–H and O–H groups in total. The SMILES string of the molecule is C=CC(=O)NC(CC)C(=O)OC. The van der Waals surface area contributed by atoms with E-state index in [9.17, 15) is 9.59 Å². The highest BCUT2D eigenvalue weighted by molar-refractivity contribution is 5.90. The summed E-state index contributed by atoms with van der Waals surface area (Å²) in [5.41, 5.74) is 0.